The zero-order valence-corrected chi connectivity index (χ0v) is 19.5. The van der Waals surface area contributed by atoms with Crippen LogP contribution in [0.4, 0.5) is 13.2 Å². The summed E-state index contributed by atoms with van der Waals surface area (Å²) in [5.41, 5.74) is 3.39. The molecular weight excluding hydrogens is 405 g/mol. The maximum Gasteiger partial charge on any atom is 0.395 e. The Morgan fingerprint density at radius 3 is 2.57 bits per heavy atom. The van der Waals surface area contributed by atoms with Crippen molar-refractivity contribution in [1.82, 2.24) is 0 Å². The van der Waals surface area contributed by atoms with Crippen molar-refractivity contribution in [2.24, 2.45) is 21.8 Å². The summed E-state index contributed by atoms with van der Waals surface area (Å²) in [6, 6.07) is 0. The quantitative estimate of drug-likeness (QED) is 0.415. The van der Waals surface area contributed by atoms with Crippen LogP contribution in [-0.2, 0) is 0 Å². The number of allylic oxidation sites excluding steroid dienone is 6. The Morgan fingerprint density at radius 1 is 1.30 bits per heavy atom. The van der Waals surface area contributed by atoms with Gasteiger partial charge in [0, 0.05) is 30.5 Å². The number of aliphatic imine (C=N–C) groups is 2. The summed E-state index contributed by atoms with van der Waals surface area (Å²) in [4.78, 5) is 9.16. The number of hydrogen-bond donors (Lipinski definition) is 0. The Kier molecular flexibility index (Phi) is 12.1. The molecule has 0 spiro atoms. The van der Waals surface area contributed by atoms with Crippen LogP contribution in [-0.4, -0.2) is 35.8 Å². The molecule has 1 aliphatic carbocycles. The zero-order chi connectivity index (χ0) is 22.6. The molecular formula is C24H35F3N2S. The number of thioether (sulfide) groups is 1. The number of dihydropyridines is 1. The van der Waals surface area contributed by atoms with Gasteiger partial charge in [0.05, 0.1) is 11.0 Å². The van der Waals surface area contributed by atoms with Crippen molar-refractivity contribution in [3.8, 4) is 0 Å². The molecule has 30 heavy (non-hydrogen) atoms. The molecule has 0 bridgehead atoms. The number of halogens is 3. The molecule has 2 heterocycles. The second kappa shape index (κ2) is 13.7. The smallest absolute Gasteiger partial charge is 0.289 e. The van der Waals surface area contributed by atoms with Crippen molar-refractivity contribution in [2.45, 2.75) is 59.6 Å². The van der Waals surface area contributed by atoms with Crippen LogP contribution < -0.4 is 0 Å². The first-order chi connectivity index (χ1) is 14.2. The van der Waals surface area contributed by atoms with E-state index in [0.717, 1.165) is 25.3 Å². The van der Waals surface area contributed by atoms with Crippen LogP contribution in [0.2, 0.25) is 0 Å². The molecule has 0 amide bonds. The van der Waals surface area contributed by atoms with Crippen molar-refractivity contribution in [2.75, 3.05) is 18.8 Å². The molecule has 0 saturated carbocycles. The van der Waals surface area contributed by atoms with Gasteiger partial charge in [0.1, 0.15) is 0 Å². The van der Waals surface area contributed by atoms with Crippen LogP contribution in [0, 0.1) is 11.8 Å². The predicted octanol–water partition coefficient (Wildman–Crippen LogP) is 7.60. The third-order valence-electron chi connectivity index (χ3n) is 4.67. The summed E-state index contributed by atoms with van der Waals surface area (Å²) in [6.07, 6.45) is 7.75. The Labute approximate surface area is 184 Å². The molecule has 0 saturated heterocycles. The van der Waals surface area contributed by atoms with Crippen molar-refractivity contribution < 1.29 is 13.2 Å². The molecule has 168 valence electrons. The van der Waals surface area contributed by atoms with E-state index < -0.39 is 12.1 Å². The molecule has 0 aromatic carbocycles. The SMILES string of the molecule is C=CC.CC1=CC(C(F)(F)F)CCC=C1.CCCC1=NCC(C)C(C2=NCCS2)=C1. The molecule has 0 aromatic heterocycles. The highest BCUT2D eigenvalue weighted by atomic mass is 32.2. The first-order valence-corrected chi connectivity index (χ1v) is 11.6. The van der Waals surface area contributed by atoms with Crippen LogP contribution >= 0.6 is 11.8 Å². The summed E-state index contributed by atoms with van der Waals surface area (Å²) in [6.45, 7) is 13.3. The fourth-order valence-corrected chi connectivity index (χ4v) is 4.15. The highest BCUT2D eigenvalue weighted by Gasteiger charge is 2.37. The van der Waals surface area contributed by atoms with E-state index >= 15 is 0 Å². The highest BCUT2D eigenvalue weighted by molar-refractivity contribution is 8.14. The van der Waals surface area contributed by atoms with E-state index in [0.29, 0.717) is 17.9 Å². The van der Waals surface area contributed by atoms with Gasteiger partial charge in [-0.25, -0.2) is 0 Å². The highest BCUT2D eigenvalue weighted by Crippen LogP contribution is 2.33. The summed E-state index contributed by atoms with van der Waals surface area (Å²) in [5, 5.41) is 1.27. The lowest BCUT2D eigenvalue weighted by atomic mass is 9.96. The molecule has 6 heteroatoms. The monoisotopic (exact) mass is 440 g/mol. The van der Waals surface area contributed by atoms with Gasteiger partial charge in [-0.15, -0.1) is 18.3 Å². The average Bonchev–Trinajstić information content (AvgIpc) is 3.11. The van der Waals surface area contributed by atoms with E-state index in [2.05, 4.69) is 36.5 Å². The average molecular weight is 441 g/mol. The van der Waals surface area contributed by atoms with Crippen LogP contribution in [0.3, 0.4) is 0 Å². The second-order valence-corrected chi connectivity index (χ2v) is 8.65. The molecule has 2 unspecified atom stereocenters. The summed E-state index contributed by atoms with van der Waals surface area (Å²) < 4.78 is 36.7. The molecule has 0 N–H and O–H groups in total. The van der Waals surface area contributed by atoms with E-state index in [1.54, 1.807) is 25.2 Å². The fourth-order valence-electron chi connectivity index (χ4n) is 3.17. The topological polar surface area (TPSA) is 24.7 Å². The maximum atomic E-state index is 12.2. The van der Waals surface area contributed by atoms with E-state index in [-0.39, 0.29) is 6.42 Å². The van der Waals surface area contributed by atoms with E-state index in [4.69, 9.17) is 0 Å². The van der Waals surface area contributed by atoms with Crippen LogP contribution in [0.15, 0.2) is 58.1 Å². The van der Waals surface area contributed by atoms with Gasteiger partial charge in [0.2, 0.25) is 0 Å². The predicted molar refractivity (Wildman–Crippen MR) is 127 cm³/mol. The van der Waals surface area contributed by atoms with Gasteiger partial charge in [0.25, 0.3) is 0 Å². The fraction of sp³-hybridized carbons (Fsp3) is 0.583. The summed E-state index contributed by atoms with van der Waals surface area (Å²) >= 11 is 1.90. The number of nitrogens with zero attached hydrogens (tertiary/aromatic N) is 2. The largest absolute Gasteiger partial charge is 0.395 e. The van der Waals surface area contributed by atoms with Crippen molar-refractivity contribution in [1.29, 1.82) is 0 Å². The molecule has 3 rings (SSSR count). The van der Waals surface area contributed by atoms with Gasteiger partial charge in [-0.05, 0) is 44.8 Å². The minimum atomic E-state index is -4.08. The molecule has 2 nitrogen and oxygen atoms in total. The first kappa shape index (κ1) is 26.5. The second-order valence-electron chi connectivity index (χ2n) is 7.56. The Hall–Kier alpha value is -1.56. The third-order valence-corrected chi connectivity index (χ3v) is 5.69. The molecule has 0 radical (unpaired) electrons. The van der Waals surface area contributed by atoms with Gasteiger partial charge in [0.15, 0.2) is 0 Å². The lowest BCUT2D eigenvalue weighted by molar-refractivity contribution is -0.162. The van der Waals surface area contributed by atoms with Crippen molar-refractivity contribution in [3.63, 3.8) is 0 Å². The van der Waals surface area contributed by atoms with Gasteiger partial charge >= 0.3 is 6.18 Å². The lowest BCUT2D eigenvalue weighted by Crippen LogP contribution is -2.20. The lowest BCUT2D eigenvalue weighted by Gasteiger charge is -2.19. The van der Waals surface area contributed by atoms with Crippen molar-refractivity contribution in [3.05, 3.63) is 48.1 Å². The number of rotatable bonds is 3. The van der Waals surface area contributed by atoms with E-state index in [9.17, 15) is 13.2 Å². The van der Waals surface area contributed by atoms with Crippen LogP contribution in [0.1, 0.15) is 53.4 Å². The molecule has 0 aromatic rings. The standard InChI is InChI=1S/C12H18N2S.C9H11F3.C3H6/c1-3-4-10-7-11(9(2)8-14-10)12-13-5-6-15-12;1-7-4-2-3-5-8(6-7)9(10,11)12;1-3-2/h7,9H,3-6,8H2,1-2H3;2,4,6,8H,3,5H2,1H3;3H,1H2,2H3. The summed E-state index contributed by atoms with van der Waals surface area (Å²) in [5.74, 6) is 0.446. The summed E-state index contributed by atoms with van der Waals surface area (Å²) in [7, 11) is 0. The first-order valence-electron chi connectivity index (χ1n) is 10.6. The Balaban J connectivity index is 0.000000271. The molecule has 3 aliphatic rings. The van der Waals surface area contributed by atoms with Crippen LogP contribution in [0.5, 0.6) is 0 Å². The minimum Gasteiger partial charge on any atom is -0.289 e. The van der Waals surface area contributed by atoms with Crippen molar-refractivity contribution >= 4 is 22.5 Å². The van der Waals surface area contributed by atoms with E-state index in [1.165, 1.54) is 28.8 Å². The molecule has 2 atom stereocenters. The Morgan fingerprint density at radius 2 is 2.00 bits per heavy atom. The third kappa shape index (κ3) is 9.50. The van der Waals surface area contributed by atoms with E-state index in [1.807, 2.05) is 18.7 Å². The normalized spacial score (nSPS) is 23.4. The van der Waals surface area contributed by atoms with Gasteiger partial charge in [-0.1, -0.05) is 50.1 Å². The number of hydrogen-bond acceptors (Lipinski definition) is 3. The van der Waals surface area contributed by atoms with Gasteiger partial charge < -0.3 is 0 Å². The minimum absolute atomic E-state index is 0.178. The number of alkyl halides is 3. The maximum absolute atomic E-state index is 12.2. The Bertz CT molecular complexity index is 700. The molecule has 2 aliphatic heterocycles. The zero-order valence-electron chi connectivity index (χ0n) is 18.6. The molecule has 0 fully saturated rings. The van der Waals surface area contributed by atoms with Crippen LogP contribution in [0.25, 0.3) is 0 Å². The van der Waals surface area contributed by atoms with Gasteiger partial charge in [-0.3, -0.25) is 9.98 Å². The van der Waals surface area contributed by atoms with Gasteiger partial charge in [-0.2, -0.15) is 13.2 Å².